The molecular formula is C23H24N4O2. The van der Waals surface area contributed by atoms with Gasteiger partial charge in [0.15, 0.2) is 0 Å². The number of nitrogens with one attached hydrogen (secondary N) is 1. The predicted molar refractivity (Wildman–Crippen MR) is 112 cm³/mol. The summed E-state index contributed by atoms with van der Waals surface area (Å²) in [5.41, 5.74) is 9.12. The molecule has 0 spiro atoms. The number of aromatic nitrogens is 2. The molecule has 4 rings (SSSR count). The lowest BCUT2D eigenvalue weighted by atomic mass is 9.91. The van der Waals surface area contributed by atoms with Crippen LogP contribution in [0.1, 0.15) is 29.9 Å². The molecule has 1 aliphatic rings. The number of nitrogens with two attached hydrogens (primary N) is 1. The summed E-state index contributed by atoms with van der Waals surface area (Å²) >= 11 is 0. The van der Waals surface area contributed by atoms with Crippen molar-refractivity contribution in [3.05, 3.63) is 78.1 Å². The summed E-state index contributed by atoms with van der Waals surface area (Å²) in [7, 11) is 0. The normalized spacial score (nSPS) is 17.0. The zero-order chi connectivity index (χ0) is 20.1. The average molecular weight is 388 g/mol. The molecule has 3 heterocycles. The Labute approximate surface area is 170 Å². The van der Waals surface area contributed by atoms with Gasteiger partial charge in [-0.15, -0.1) is 0 Å². The number of amides is 1. The number of carbonyl (C=O) groups is 1. The lowest BCUT2D eigenvalue weighted by molar-refractivity contribution is -0.118. The van der Waals surface area contributed by atoms with Gasteiger partial charge in [0.2, 0.25) is 5.91 Å². The van der Waals surface area contributed by atoms with E-state index in [1.165, 1.54) is 0 Å². The minimum absolute atomic E-state index is 0.149. The Bertz CT molecular complexity index is 957. The summed E-state index contributed by atoms with van der Waals surface area (Å²) in [4.78, 5) is 21.4. The maximum atomic E-state index is 12.4. The van der Waals surface area contributed by atoms with Gasteiger partial charge in [0, 0.05) is 36.7 Å². The highest BCUT2D eigenvalue weighted by Gasteiger charge is 2.25. The first-order valence-electron chi connectivity index (χ1n) is 9.83. The number of nitrogens with zero attached hydrogens (tertiary/aromatic N) is 2. The number of anilines is 1. The fourth-order valence-corrected chi connectivity index (χ4v) is 3.67. The topological polar surface area (TPSA) is 90.1 Å². The van der Waals surface area contributed by atoms with Crippen molar-refractivity contribution in [3.8, 4) is 11.3 Å². The molecule has 6 nitrogen and oxygen atoms in total. The van der Waals surface area contributed by atoms with E-state index in [2.05, 4.69) is 10.3 Å². The summed E-state index contributed by atoms with van der Waals surface area (Å²) in [6.45, 7) is 1.42. The van der Waals surface area contributed by atoms with Gasteiger partial charge in [-0.25, -0.2) is 4.98 Å². The van der Waals surface area contributed by atoms with Crippen LogP contribution < -0.4 is 11.1 Å². The van der Waals surface area contributed by atoms with Crippen molar-refractivity contribution in [1.29, 1.82) is 0 Å². The number of benzene rings is 1. The van der Waals surface area contributed by atoms with Crippen LogP contribution in [0.4, 0.5) is 5.82 Å². The molecule has 2 aromatic heterocycles. The molecule has 3 N–H and O–H groups in total. The van der Waals surface area contributed by atoms with E-state index in [0.717, 1.165) is 41.8 Å². The van der Waals surface area contributed by atoms with Crippen molar-refractivity contribution in [2.45, 2.75) is 24.9 Å². The first kappa shape index (κ1) is 19.1. The molecule has 2 unspecified atom stereocenters. The largest absolute Gasteiger partial charge is 0.376 e. The molecule has 1 saturated heterocycles. The van der Waals surface area contributed by atoms with Gasteiger partial charge in [0.05, 0.1) is 17.7 Å². The van der Waals surface area contributed by atoms with E-state index in [0.29, 0.717) is 12.4 Å². The third-order valence-electron chi connectivity index (χ3n) is 5.13. The number of carbonyl (C=O) groups excluding carboxylic acids is 1. The van der Waals surface area contributed by atoms with Crippen LogP contribution in [0.25, 0.3) is 11.3 Å². The Morgan fingerprint density at radius 3 is 2.72 bits per heavy atom. The fourth-order valence-electron chi connectivity index (χ4n) is 3.67. The molecule has 29 heavy (non-hydrogen) atoms. The quantitative estimate of drug-likeness (QED) is 0.648. The molecule has 3 aromatic rings. The molecule has 0 saturated carbocycles. The summed E-state index contributed by atoms with van der Waals surface area (Å²) in [5, 5.41) is 3.41. The van der Waals surface area contributed by atoms with E-state index in [-0.39, 0.29) is 6.10 Å². The Hall–Kier alpha value is -3.25. The smallest absolute Gasteiger partial charge is 0.229 e. The fraction of sp³-hybridized carbons (Fsp3) is 0.261. The van der Waals surface area contributed by atoms with E-state index in [1.807, 2.05) is 48.5 Å². The lowest BCUT2D eigenvalue weighted by Gasteiger charge is -2.20. The highest BCUT2D eigenvalue weighted by Crippen LogP contribution is 2.31. The van der Waals surface area contributed by atoms with Gasteiger partial charge in [0.1, 0.15) is 5.82 Å². The molecule has 0 radical (unpaired) electrons. The summed E-state index contributed by atoms with van der Waals surface area (Å²) in [5.74, 6) is -0.421. The molecule has 6 heteroatoms. The van der Waals surface area contributed by atoms with E-state index < -0.39 is 11.8 Å². The Morgan fingerprint density at radius 1 is 1.17 bits per heavy atom. The molecular weight excluding hydrogens is 364 g/mol. The summed E-state index contributed by atoms with van der Waals surface area (Å²) < 4.78 is 5.73. The zero-order valence-corrected chi connectivity index (χ0v) is 16.1. The Morgan fingerprint density at radius 2 is 2.03 bits per heavy atom. The van der Waals surface area contributed by atoms with Crippen molar-refractivity contribution in [3.63, 3.8) is 0 Å². The van der Waals surface area contributed by atoms with E-state index in [9.17, 15) is 4.79 Å². The van der Waals surface area contributed by atoms with Gasteiger partial charge in [-0.1, -0.05) is 42.5 Å². The number of ether oxygens (including phenoxy) is 1. The maximum Gasteiger partial charge on any atom is 0.229 e. The van der Waals surface area contributed by atoms with Crippen molar-refractivity contribution >= 4 is 11.7 Å². The first-order chi connectivity index (χ1) is 14.2. The van der Waals surface area contributed by atoms with Gasteiger partial charge in [-0.2, -0.15) is 0 Å². The van der Waals surface area contributed by atoms with Crippen LogP contribution in [0.3, 0.4) is 0 Å². The summed E-state index contributed by atoms with van der Waals surface area (Å²) in [6, 6.07) is 17.5. The highest BCUT2D eigenvalue weighted by molar-refractivity contribution is 5.87. The number of rotatable bonds is 7. The summed E-state index contributed by atoms with van der Waals surface area (Å²) in [6.07, 6.45) is 5.58. The van der Waals surface area contributed by atoms with Crippen LogP contribution in [0.15, 0.2) is 67.0 Å². The number of pyridine rings is 2. The lowest BCUT2D eigenvalue weighted by Crippen LogP contribution is -2.25. The molecule has 2 atom stereocenters. The molecule has 148 valence electrons. The molecule has 1 aliphatic heterocycles. The standard InChI is InChI=1S/C23H24N4O2/c24-22(28)21(17-8-4-12-25-14-17)19-10-11-20(16-6-2-1-3-7-16)27-23(19)26-15-18-9-5-13-29-18/h1-4,6-8,10-12,14,18,21H,5,9,13,15H2,(H2,24,28)(H,26,27). The van der Waals surface area contributed by atoms with Gasteiger partial charge in [-0.3, -0.25) is 9.78 Å². The van der Waals surface area contributed by atoms with Crippen LogP contribution >= 0.6 is 0 Å². The molecule has 0 bridgehead atoms. The number of hydrogen-bond acceptors (Lipinski definition) is 5. The minimum atomic E-state index is -0.631. The minimum Gasteiger partial charge on any atom is -0.376 e. The second-order valence-electron chi connectivity index (χ2n) is 7.14. The van der Waals surface area contributed by atoms with Gasteiger partial charge in [-0.05, 0) is 30.5 Å². The van der Waals surface area contributed by atoms with Crippen LogP contribution in [0, 0.1) is 0 Å². The highest BCUT2D eigenvalue weighted by atomic mass is 16.5. The van der Waals surface area contributed by atoms with Crippen molar-refractivity contribution in [2.75, 3.05) is 18.5 Å². The van der Waals surface area contributed by atoms with Gasteiger partial charge in [0.25, 0.3) is 0 Å². The molecule has 1 aromatic carbocycles. The molecule has 0 aliphatic carbocycles. The molecule has 1 amide bonds. The van der Waals surface area contributed by atoms with E-state index in [1.54, 1.807) is 18.5 Å². The van der Waals surface area contributed by atoms with Crippen molar-refractivity contribution in [2.24, 2.45) is 5.73 Å². The predicted octanol–water partition coefficient (Wildman–Crippen LogP) is 3.35. The van der Waals surface area contributed by atoms with Crippen LogP contribution in [-0.4, -0.2) is 35.1 Å². The first-order valence-corrected chi connectivity index (χ1v) is 9.83. The average Bonchev–Trinajstić information content (AvgIpc) is 3.28. The van der Waals surface area contributed by atoms with E-state index in [4.69, 9.17) is 15.5 Å². The number of hydrogen-bond donors (Lipinski definition) is 2. The van der Waals surface area contributed by atoms with Crippen molar-refractivity contribution < 1.29 is 9.53 Å². The van der Waals surface area contributed by atoms with Gasteiger partial charge < -0.3 is 15.8 Å². The van der Waals surface area contributed by atoms with Crippen LogP contribution in [-0.2, 0) is 9.53 Å². The second-order valence-corrected chi connectivity index (χ2v) is 7.14. The number of primary amides is 1. The monoisotopic (exact) mass is 388 g/mol. The van der Waals surface area contributed by atoms with Crippen LogP contribution in [0.2, 0.25) is 0 Å². The maximum absolute atomic E-state index is 12.4. The second kappa shape index (κ2) is 8.84. The van der Waals surface area contributed by atoms with Crippen LogP contribution in [0.5, 0.6) is 0 Å². The SMILES string of the molecule is NC(=O)C(c1cccnc1)c1ccc(-c2ccccc2)nc1NCC1CCCO1. The third-order valence-corrected chi connectivity index (χ3v) is 5.13. The molecule has 1 fully saturated rings. The zero-order valence-electron chi connectivity index (χ0n) is 16.1. The van der Waals surface area contributed by atoms with E-state index >= 15 is 0 Å². The third kappa shape index (κ3) is 4.43. The Kier molecular flexibility index (Phi) is 5.81. The Balaban J connectivity index is 1.73. The van der Waals surface area contributed by atoms with Gasteiger partial charge >= 0.3 is 0 Å². The van der Waals surface area contributed by atoms with Crippen molar-refractivity contribution in [1.82, 2.24) is 9.97 Å².